The van der Waals surface area contributed by atoms with E-state index in [2.05, 4.69) is 0 Å². The summed E-state index contributed by atoms with van der Waals surface area (Å²) in [6.45, 7) is 0. The normalized spacial score (nSPS) is 15.6. The molecule has 0 unspecified atom stereocenters. The van der Waals surface area contributed by atoms with Gasteiger partial charge in [0.1, 0.15) is 11.8 Å². The summed E-state index contributed by atoms with van der Waals surface area (Å²) in [5.41, 5.74) is 0.955. The molecule has 3 nitrogen and oxygen atoms in total. The van der Waals surface area contributed by atoms with Crippen LogP contribution in [0.15, 0.2) is 29.8 Å². The lowest BCUT2D eigenvalue weighted by atomic mass is 10.1. The summed E-state index contributed by atoms with van der Waals surface area (Å²) in [6, 6.07) is 8.34. The second-order valence-electron chi connectivity index (χ2n) is 3.90. The van der Waals surface area contributed by atoms with Crippen LogP contribution in [0.3, 0.4) is 0 Å². The number of benzene rings is 1. The van der Waals surface area contributed by atoms with E-state index in [-0.39, 0.29) is 23.0 Å². The molecule has 0 aliphatic heterocycles. The van der Waals surface area contributed by atoms with Crippen molar-refractivity contribution in [3.8, 4) is 11.8 Å². The van der Waals surface area contributed by atoms with Crippen molar-refractivity contribution in [3.63, 3.8) is 0 Å². The number of phenolic OH excluding ortho intramolecular Hbond substituents is 1. The standard InChI is InChI=1S/C13H11NO2/c14-8-11(13(16)10-3-4-10)7-9-1-5-12(15)6-2-9/h1-2,5-7,10,15H,3-4H2. The Kier molecular flexibility index (Phi) is 2.74. The number of nitriles is 1. The van der Waals surface area contributed by atoms with Gasteiger partial charge in [-0.1, -0.05) is 12.1 Å². The molecule has 0 atom stereocenters. The van der Waals surface area contributed by atoms with Gasteiger partial charge in [0.05, 0.1) is 5.57 Å². The second-order valence-corrected chi connectivity index (χ2v) is 3.90. The monoisotopic (exact) mass is 213 g/mol. The van der Waals surface area contributed by atoms with Crippen molar-refractivity contribution in [1.82, 2.24) is 0 Å². The molecule has 0 bridgehead atoms. The molecule has 3 heteroatoms. The number of rotatable bonds is 3. The molecule has 1 aromatic carbocycles. The van der Waals surface area contributed by atoms with E-state index < -0.39 is 0 Å². The van der Waals surface area contributed by atoms with Gasteiger partial charge in [-0.3, -0.25) is 4.79 Å². The first-order valence-corrected chi connectivity index (χ1v) is 5.16. The molecule has 1 fully saturated rings. The average molecular weight is 213 g/mol. The summed E-state index contributed by atoms with van der Waals surface area (Å²) in [6.07, 6.45) is 3.36. The van der Waals surface area contributed by atoms with Crippen molar-refractivity contribution >= 4 is 11.9 Å². The molecule has 1 saturated carbocycles. The molecule has 0 aromatic heterocycles. The van der Waals surface area contributed by atoms with Crippen LogP contribution in [0.2, 0.25) is 0 Å². The minimum Gasteiger partial charge on any atom is -0.508 e. The Morgan fingerprint density at radius 1 is 1.38 bits per heavy atom. The highest BCUT2D eigenvalue weighted by Crippen LogP contribution is 2.32. The van der Waals surface area contributed by atoms with Crippen molar-refractivity contribution in [2.75, 3.05) is 0 Å². The number of hydrogen-bond donors (Lipinski definition) is 1. The topological polar surface area (TPSA) is 61.1 Å². The maximum Gasteiger partial charge on any atom is 0.176 e. The number of phenols is 1. The molecule has 80 valence electrons. The van der Waals surface area contributed by atoms with Crippen LogP contribution in [0, 0.1) is 17.2 Å². The first kappa shape index (κ1) is 10.4. The van der Waals surface area contributed by atoms with Crippen LogP contribution in [0.4, 0.5) is 0 Å². The molecule has 0 amide bonds. The van der Waals surface area contributed by atoms with Crippen LogP contribution in [0.5, 0.6) is 5.75 Å². The minimum absolute atomic E-state index is 0.0583. The Hall–Kier alpha value is -2.08. The van der Waals surface area contributed by atoms with Crippen LogP contribution in [-0.4, -0.2) is 10.9 Å². The molecule has 0 spiro atoms. The molecule has 0 saturated heterocycles. The number of carbonyl (C=O) groups excluding carboxylic acids is 1. The molecule has 1 aliphatic carbocycles. The van der Waals surface area contributed by atoms with Crippen molar-refractivity contribution in [2.24, 2.45) is 5.92 Å². The summed E-state index contributed by atoms with van der Waals surface area (Å²) >= 11 is 0. The van der Waals surface area contributed by atoms with Gasteiger partial charge in [0, 0.05) is 5.92 Å². The maximum absolute atomic E-state index is 11.7. The Bertz CT molecular complexity index is 476. The Morgan fingerprint density at radius 2 is 2.00 bits per heavy atom. The van der Waals surface area contributed by atoms with Crippen LogP contribution in [0.1, 0.15) is 18.4 Å². The predicted molar refractivity (Wildman–Crippen MR) is 59.4 cm³/mol. The number of hydrogen-bond acceptors (Lipinski definition) is 3. The van der Waals surface area contributed by atoms with Gasteiger partial charge in [-0.15, -0.1) is 0 Å². The smallest absolute Gasteiger partial charge is 0.176 e. The van der Waals surface area contributed by atoms with Crippen molar-refractivity contribution in [2.45, 2.75) is 12.8 Å². The summed E-state index contributed by atoms with van der Waals surface area (Å²) in [7, 11) is 0. The highest BCUT2D eigenvalue weighted by atomic mass is 16.3. The number of nitrogens with zero attached hydrogens (tertiary/aromatic N) is 1. The number of ketones is 1. The molecule has 1 N–H and O–H groups in total. The predicted octanol–water partition coefficient (Wildman–Crippen LogP) is 2.28. The minimum atomic E-state index is -0.0597. The van der Waals surface area contributed by atoms with E-state index in [4.69, 9.17) is 10.4 Å². The molecular formula is C13H11NO2. The quantitative estimate of drug-likeness (QED) is 0.619. The van der Waals surface area contributed by atoms with Gasteiger partial charge in [0.2, 0.25) is 0 Å². The maximum atomic E-state index is 11.7. The lowest BCUT2D eigenvalue weighted by molar-refractivity contribution is -0.116. The van der Waals surface area contributed by atoms with Gasteiger partial charge in [0.25, 0.3) is 0 Å². The largest absolute Gasteiger partial charge is 0.508 e. The van der Waals surface area contributed by atoms with Crippen molar-refractivity contribution in [3.05, 3.63) is 35.4 Å². The lowest BCUT2D eigenvalue weighted by Gasteiger charge is -1.97. The Balaban J connectivity index is 2.23. The fourth-order valence-corrected chi connectivity index (χ4v) is 1.46. The third-order valence-corrected chi connectivity index (χ3v) is 2.54. The number of carbonyl (C=O) groups is 1. The second kappa shape index (κ2) is 4.19. The van der Waals surface area contributed by atoms with Gasteiger partial charge in [-0.2, -0.15) is 5.26 Å². The van der Waals surface area contributed by atoms with Crippen LogP contribution in [-0.2, 0) is 4.79 Å². The van der Waals surface area contributed by atoms with Crippen LogP contribution in [0.25, 0.3) is 6.08 Å². The van der Waals surface area contributed by atoms with Crippen LogP contribution >= 0.6 is 0 Å². The van der Waals surface area contributed by atoms with Crippen molar-refractivity contribution < 1.29 is 9.90 Å². The van der Waals surface area contributed by atoms with Gasteiger partial charge in [-0.05, 0) is 36.6 Å². The summed E-state index contributed by atoms with van der Waals surface area (Å²) in [4.78, 5) is 11.7. The van der Waals surface area contributed by atoms with E-state index in [1.165, 1.54) is 12.1 Å². The number of Topliss-reactive ketones (excluding diaryl/α,β-unsaturated/α-hetero) is 1. The Labute approximate surface area is 93.6 Å². The van der Waals surface area contributed by atoms with Crippen molar-refractivity contribution in [1.29, 1.82) is 5.26 Å². The first-order valence-electron chi connectivity index (χ1n) is 5.16. The molecule has 16 heavy (non-hydrogen) atoms. The fraction of sp³-hybridized carbons (Fsp3) is 0.231. The molecular weight excluding hydrogens is 202 g/mol. The van der Waals surface area contributed by atoms with Crippen LogP contribution < -0.4 is 0 Å². The first-order chi connectivity index (χ1) is 7.70. The molecule has 1 aliphatic rings. The average Bonchev–Trinajstić information content (AvgIpc) is 3.11. The van der Waals surface area contributed by atoms with Gasteiger partial charge >= 0.3 is 0 Å². The van der Waals surface area contributed by atoms with E-state index >= 15 is 0 Å². The molecule has 2 rings (SSSR count). The summed E-state index contributed by atoms with van der Waals surface area (Å²) in [5.74, 6) is 0.169. The zero-order valence-corrected chi connectivity index (χ0v) is 8.68. The van der Waals surface area contributed by atoms with Gasteiger partial charge in [-0.25, -0.2) is 0 Å². The lowest BCUT2D eigenvalue weighted by Crippen LogP contribution is -2.02. The Morgan fingerprint density at radius 3 is 2.50 bits per heavy atom. The third-order valence-electron chi connectivity index (χ3n) is 2.54. The van der Waals surface area contributed by atoms with E-state index in [0.29, 0.717) is 0 Å². The van der Waals surface area contributed by atoms with E-state index in [1.54, 1.807) is 18.2 Å². The fourth-order valence-electron chi connectivity index (χ4n) is 1.46. The summed E-state index contributed by atoms with van der Waals surface area (Å²) < 4.78 is 0. The molecule has 1 aromatic rings. The zero-order valence-electron chi connectivity index (χ0n) is 8.68. The van der Waals surface area contributed by atoms with Gasteiger partial charge < -0.3 is 5.11 Å². The highest BCUT2D eigenvalue weighted by Gasteiger charge is 2.31. The number of aromatic hydroxyl groups is 1. The van der Waals surface area contributed by atoms with E-state index in [9.17, 15) is 4.79 Å². The summed E-state index contributed by atoms with van der Waals surface area (Å²) in [5, 5.41) is 18.0. The molecule has 0 heterocycles. The van der Waals surface area contributed by atoms with E-state index in [1.807, 2.05) is 6.07 Å². The molecule has 0 radical (unpaired) electrons. The third kappa shape index (κ3) is 2.29. The SMILES string of the molecule is N#CC(=Cc1ccc(O)cc1)C(=O)C1CC1. The number of allylic oxidation sites excluding steroid dienone is 1. The van der Waals surface area contributed by atoms with Gasteiger partial charge in [0.15, 0.2) is 5.78 Å². The van der Waals surface area contributed by atoms with E-state index in [0.717, 1.165) is 18.4 Å². The highest BCUT2D eigenvalue weighted by molar-refractivity contribution is 6.05. The zero-order chi connectivity index (χ0) is 11.5.